The highest BCUT2D eigenvalue weighted by Crippen LogP contribution is 2.23. The van der Waals surface area contributed by atoms with Crippen molar-refractivity contribution in [3.8, 4) is 0 Å². The molecule has 0 bridgehead atoms. The zero-order valence-electron chi connectivity index (χ0n) is 10.3. The van der Waals surface area contributed by atoms with Crippen LogP contribution in [0.15, 0.2) is 0 Å². The van der Waals surface area contributed by atoms with Crippen molar-refractivity contribution in [1.29, 1.82) is 0 Å². The molecule has 0 aliphatic rings. The van der Waals surface area contributed by atoms with Crippen molar-refractivity contribution in [3.05, 3.63) is 0 Å². The van der Waals surface area contributed by atoms with E-state index in [1.54, 1.807) is 7.11 Å². The Hall–Kier alpha value is 0.0969. The highest BCUT2D eigenvalue weighted by atomic mass is 28.4. The molecule has 3 nitrogen and oxygen atoms in total. The Morgan fingerprint density at radius 2 is 1.71 bits per heavy atom. The summed E-state index contributed by atoms with van der Waals surface area (Å²) in [5, 5.41) is 0. The second-order valence-electron chi connectivity index (χ2n) is 4.28. The van der Waals surface area contributed by atoms with Gasteiger partial charge in [0.05, 0.1) is 5.60 Å². The Bertz CT molecular complexity index is 148. The van der Waals surface area contributed by atoms with Crippen molar-refractivity contribution in [2.24, 2.45) is 0 Å². The first-order valence-corrected chi connectivity index (χ1v) is 7.21. The summed E-state index contributed by atoms with van der Waals surface area (Å²) in [7, 11) is -0.721. The number of rotatable bonds is 6. The molecule has 1 unspecified atom stereocenters. The minimum absolute atomic E-state index is 0.202. The zero-order valence-corrected chi connectivity index (χ0v) is 11.3. The zero-order chi connectivity index (χ0) is 11.2. The monoisotopic (exact) mass is 220 g/mol. The quantitative estimate of drug-likeness (QED) is 0.644. The molecule has 0 aromatic rings. The van der Waals surface area contributed by atoms with Gasteiger partial charge in [-0.15, -0.1) is 0 Å². The van der Waals surface area contributed by atoms with Crippen LogP contribution in [0.25, 0.3) is 0 Å². The minimum atomic E-state index is -2.40. The van der Waals surface area contributed by atoms with Gasteiger partial charge in [-0.1, -0.05) is 13.3 Å². The van der Waals surface area contributed by atoms with E-state index in [0.29, 0.717) is 6.61 Å². The van der Waals surface area contributed by atoms with Gasteiger partial charge in [-0.3, -0.25) is 0 Å². The molecular formula is C10H24O3Si. The Balaban J connectivity index is 4.48. The van der Waals surface area contributed by atoms with Crippen LogP contribution in [0, 0.1) is 0 Å². The summed E-state index contributed by atoms with van der Waals surface area (Å²) in [5.41, 5.74) is -0.202. The molecular weight excluding hydrogens is 196 g/mol. The van der Waals surface area contributed by atoms with Crippen LogP contribution >= 0.6 is 0 Å². The largest absolute Gasteiger partial charge is 0.501 e. The summed E-state index contributed by atoms with van der Waals surface area (Å²) in [4.78, 5) is 0. The third-order valence-electron chi connectivity index (χ3n) is 1.69. The smallest absolute Gasteiger partial charge is 0.377 e. The van der Waals surface area contributed by atoms with Crippen molar-refractivity contribution in [2.45, 2.75) is 52.7 Å². The van der Waals surface area contributed by atoms with Gasteiger partial charge in [-0.25, -0.2) is 0 Å². The fourth-order valence-corrected chi connectivity index (χ4v) is 4.04. The van der Waals surface area contributed by atoms with Crippen LogP contribution in [0.1, 0.15) is 41.0 Å². The average molecular weight is 220 g/mol. The normalized spacial score (nSPS) is 16.7. The van der Waals surface area contributed by atoms with Crippen molar-refractivity contribution >= 4 is 8.80 Å². The maximum Gasteiger partial charge on any atom is 0.501 e. The van der Waals surface area contributed by atoms with Gasteiger partial charge in [0.15, 0.2) is 0 Å². The molecule has 0 saturated carbocycles. The predicted octanol–water partition coefficient (Wildman–Crippen LogP) is 2.83. The molecule has 86 valence electrons. The SMILES string of the molecule is CCC[Si](OC)(OCC)OC(C)(C)C. The van der Waals surface area contributed by atoms with Gasteiger partial charge in [0.2, 0.25) is 0 Å². The fraction of sp³-hybridized carbons (Fsp3) is 1.00. The molecule has 0 aliphatic heterocycles. The van der Waals surface area contributed by atoms with Gasteiger partial charge in [0.25, 0.3) is 0 Å². The summed E-state index contributed by atoms with van der Waals surface area (Å²) >= 11 is 0. The van der Waals surface area contributed by atoms with E-state index in [2.05, 4.69) is 6.92 Å². The molecule has 0 amide bonds. The first kappa shape index (κ1) is 14.1. The van der Waals surface area contributed by atoms with Crippen LogP contribution in [0.4, 0.5) is 0 Å². The van der Waals surface area contributed by atoms with Crippen LogP contribution in [0.2, 0.25) is 6.04 Å². The highest BCUT2D eigenvalue weighted by Gasteiger charge is 2.42. The van der Waals surface area contributed by atoms with Crippen molar-refractivity contribution in [2.75, 3.05) is 13.7 Å². The second-order valence-corrected chi connectivity index (χ2v) is 7.05. The molecule has 0 saturated heterocycles. The molecule has 0 aromatic carbocycles. The topological polar surface area (TPSA) is 27.7 Å². The molecule has 0 spiro atoms. The lowest BCUT2D eigenvalue weighted by atomic mass is 10.2. The van der Waals surface area contributed by atoms with E-state index in [-0.39, 0.29) is 5.60 Å². The van der Waals surface area contributed by atoms with E-state index in [9.17, 15) is 0 Å². The van der Waals surface area contributed by atoms with Crippen LogP contribution < -0.4 is 0 Å². The molecule has 14 heavy (non-hydrogen) atoms. The molecule has 0 radical (unpaired) electrons. The third-order valence-corrected chi connectivity index (χ3v) is 5.08. The van der Waals surface area contributed by atoms with Gasteiger partial charge in [-0.2, -0.15) is 0 Å². The van der Waals surface area contributed by atoms with E-state index < -0.39 is 8.80 Å². The number of hydrogen-bond acceptors (Lipinski definition) is 3. The molecule has 0 aromatic heterocycles. The van der Waals surface area contributed by atoms with Gasteiger partial charge in [0, 0.05) is 19.8 Å². The first-order chi connectivity index (χ1) is 6.39. The molecule has 1 atom stereocenters. The predicted molar refractivity (Wildman–Crippen MR) is 60.3 cm³/mol. The summed E-state index contributed by atoms with van der Waals surface area (Å²) in [6, 6.07) is 0.884. The third kappa shape index (κ3) is 5.10. The fourth-order valence-electron chi connectivity index (χ4n) is 1.35. The summed E-state index contributed by atoms with van der Waals surface area (Å²) < 4.78 is 17.1. The standard InChI is InChI=1S/C10H24O3Si/c1-7-9-14(11-6,12-8-2)13-10(3,4)5/h7-9H2,1-6H3. The Labute approximate surface area is 89.1 Å². The van der Waals surface area contributed by atoms with E-state index in [0.717, 1.165) is 12.5 Å². The highest BCUT2D eigenvalue weighted by molar-refractivity contribution is 6.60. The second kappa shape index (κ2) is 5.85. The molecule has 0 aliphatic carbocycles. The van der Waals surface area contributed by atoms with Crippen LogP contribution in [-0.4, -0.2) is 28.1 Å². The van der Waals surface area contributed by atoms with Gasteiger partial charge in [-0.05, 0) is 27.7 Å². The van der Waals surface area contributed by atoms with Gasteiger partial charge < -0.3 is 13.3 Å². The molecule has 0 rings (SSSR count). The minimum Gasteiger partial charge on any atom is -0.377 e. The molecule has 4 heteroatoms. The molecule has 0 fully saturated rings. The summed E-state index contributed by atoms with van der Waals surface area (Å²) in [6.07, 6.45) is 1.02. The Morgan fingerprint density at radius 3 is 2.00 bits per heavy atom. The van der Waals surface area contributed by atoms with Gasteiger partial charge >= 0.3 is 8.80 Å². The molecule has 0 N–H and O–H groups in total. The van der Waals surface area contributed by atoms with Crippen LogP contribution in [0.3, 0.4) is 0 Å². The Kier molecular flexibility index (Phi) is 5.89. The van der Waals surface area contributed by atoms with E-state index in [1.165, 1.54) is 0 Å². The maximum absolute atomic E-state index is 5.95. The summed E-state index contributed by atoms with van der Waals surface area (Å²) in [5.74, 6) is 0. The number of hydrogen-bond donors (Lipinski definition) is 0. The van der Waals surface area contributed by atoms with Crippen molar-refractivity contribution in [3.63, 3.8) is 0 Å². The van der Waals surface area contributed by atoms with Crippen molar-refractivity contribution < 1.29 is 13.3 Å². The average Bonchev–Trinajstić information content (AvgIpc) is 2.02. The maximum atomic E-state index is 5.95. The van der Waals surface area contributed by atoms with Crippen molar-refractivity contribution in [1.82, 2.24) is 0 Å². The Morgan fingerprint density at radius 1 is 1.14 bits per heavy atom. The van der Waals surface area contributed by atoms with Gasteiger partial charge in [0.1, 0.15) is 0 Å². The van der Waals surface area contributed by atoms with Crippen LogP contribution in [0.5, 0.6) is 0 Å². The van der Waals surface area contributed by atoms with Crippen LogP contribution in [-0.2, 0) is 13.3 Å². The van der Waals surface area contributed by atoms with E-state index in [4.69, 9.17) is 13.3 Å². The lowest BCUT2D eigenvalue weighted by Gasteiger charge is -2.34. The molecule has 0 heterocycles. The van der Waals surface area contributed by atoms with E-state index in [1.807, 2.05) is 27.7 Å². The lowest BCUT2D eigenvalue weighted by Crippen LogP contribution is -2.49. The lowest BCUT2D eigenvalue weighted by molar-refractivity contribution is 0.00783. The summed E-state index contributed by atoms with van der Waals surface area (Å²) in [6.45, 7) is 10.8. The first-order valence-electron chi connectivity index (χ1n) is 5.28. The van der Waals surface area contributed by atoms with E-state index >= 15 is 0 Å².